The van der Waals surface area contributed by atoms with E-state index in [0.29, 0.717) is 23.0 Å². The van der Waals surface area contributed by atoms with E-state index in [-0.39, 0.29) is 41.2 Å². The molecule has 0 aromatic carbocycles. The number of ether oxygens (including phenoxy) is 3. The normalized spacial score (nSPS) is 58.5. The highest BCUT2D eigenvalue weighted by atomic mass is 16.6. The van der Waals surface area contributed by atoms with Crippen molar-refractivity contribution in [3.63, 3.8) is 0 Å². The molecule has 3 aliphatic heterocycles. The van der Waals surface area contributed by atoms with Gasteiger partial charge in [0.05, 0.1) is 17.6 Å². The highest BCUT2D eigenvalue weighted by Crippen LogP contribution is 2.78. The van der Waals surface area contributed by atoms with E-state index in [1.165, 1.54) is 0 Å². The van der Waals surface area contributed by atoms with Crippen molar-refractivity contribution in [3.05, 3.63) is 23.3 Å². The van der Waals surface area contributed by atoms with Gasteiger partial charge in [0.25, 0.3) is 0 Å². The third kappa shape index (κ3) is 2.26. The number of fused-ring (bicyclic) bond motifs is 6. The molecule has 2 saturated heterocycles. The van der Waals surface area contributed by atoms with Gasteiger partial charge in [-0.2, -0.15) is 0 Å². The first-order valence-corrected chi connectivity index (χ1v) is 13.3. The summed E-state index contributed by atoms with van der Waals surface area (Å²) in [4.78, 5) is 25.9. The van der Waals surface area contributed by atoms with Gasteiger partial charge in [-0.1, -0.05) is 13.8 Å². The molecule has 7 aliphatic rings. The maximum Gasteiger partial charge on any atom is 0.334 e. The van der Waals surface area contributed by atoms with Crippen LogP contribution in [0.5, 0.6) is 0 Å². The Hall–Kier alpha value is -1.54. The van der Waals surface area contributed by atoms with Gasteiger partial charge in [0, 0.05) is 16.9 Å². The number of epoxide rings is 2. The minimum absolute atomic E-state index is 0.0663. The van der Waals surface area contributed by atoms with Crippen LogP contribution in [0.25, 0.3) is 0 Å². The van der Waals surface area contributed by atoms with E-state index in [0.717, 1.165) is 25.7 Å². The van der Waals surface area contributed by atoms with Crippen LogP contribution in [-0.4, -0.2) is 63.7 Å². The number of hydrogen-bond donors (Lipinski definition) is 2. The molecule has 190 valence electrons. The molecule has 3 saturated carbocycles. The summed E-state index contributed by atoms with van der Waals surface area (Å²) < 4.78 is 18.5. The van der Waals surface area contributed by atoms with Crippen molar-refractivity contribution in [3.8, 4) is 0 Å². The average Bonchev–Trinajstić information content (AvgIpc) is 3.72. The number of cyclic esters (lactones) is 1. The Bertz CT molecular complexity index is 1110. The second kappa shape index (κ2) is 6.47. The smallest absolute Gasteiger partial charge is 0.334 e. The van der Waals surface area contributed by atoms with Crippen LogP contribution in [0.15, 0.2) is 23.3 Å². The van der Waals surface area contributed by atoms with Crippen LogP contribution in [0.4, 0.5) is 0 Å². The maximum absolute atomic E-state index is 13.3. The zero-order chi connectivity index (χ0) is 24.9. The zero-order valence-corrected chi connectivity index (χ0v) is 21.1. The lowest BCUT2D eigenvalue weighted by Crippen LogP contribution is -2.64. The second-order valence-corrected chi connectivity index (χ2v) is 12.9. The van der Waals surface area contributed by atoms with E-state index in [1.54, 1.807) is 19.1 Å². The Morgan fingerprint density at radius 1 is 1.06 bits per heavy atom. The Kier molecular flexibility index (Phi) is 4.19. The Morgan fingerprint density at radius 2 is 1.80 bits per heavy atom. The van der Waals surface area contributed by atoms with E-state index in [2.05, 4.69) is 13.8 Å². The predicted octanol–water partition coefficient (Wildman–Crippen LogP) is 2.48. The first-order chi connectivity index (χ1) is 16.4. The van der Waals surface area contributed by atoms with Crippen molar-refractivity contribution in [1.29, 1.82) is 0 Å². The number of allylic oxidation sites excluding steroid dienone is 1. The standard InChI is InChI=1S/C28H36O7/c1-12-13(2)24(32)33-23(22(12)31)14(3)27-21(34-27)11-17-15-10-20-28(35-20)19(30)7-6-18(29)26(28,5)16(15)8-9-25(17,27)4/h6-7,14-17,19-23,30-31H,8-11H2,1-5H3/t14-,15+,16+,17+,19+,20-,21-,22+,23+,25+,26+,27-,28-/m1/s1. The molecular weight excluding hydrogens is 448 g/mol. The Labute approximate surface area is 205 Å². The van der Waals surface area contributed by atoms with Gasteiger partial charge < -0.3 is 24.4 Å². The zero-order valence-electron chi connectivity index (χ0n) is 21.1. The van der Waals surface area contributed by atoms with Crippen LogP contribution in [0.3, 0.4) is 0 Å². The lowest BCUT2D eigenvalue weighted by molar-refractivity contribution is -0.169. The number of rotatable bonds is 2. The van der Waals surface area contributed by atoms with Gasteiger partial charge in [-0.15, -0.1) is 0 Å². The second-order valence-electron chi connectivity index (χ2n) is 12.9. The van der Waals surface area contributed by atoms with Crippen LogP contribution < -0.4 is 0 Å². The number of aliphatic hydroxyl groups is 2. The fraction of sp³-hybridized carbons (Fsp3) is 0.786. The quantitative estimate of drug-likeness (QED) is 0.458. The van der Waals surface area contributed by atoms with Gasteiger partial charge in [0.1, 0.15) is 29.5 Å². The molecule has 0 aromatic heterocycles. The number of hydrogen-bond acceptors (Lipinski definition) is 7. The van der Waals surface area contributed by atoms with Crippen molar-refractivity contribution < 1.29 is 34.0 Å². The van der Waals surface area contributed by atoms with E-state index < -0.39 is 34.9 Å². The molecule has 35 heavy (non-hydrogen) atoms. The monoisotopic (exact) mass is 484 g/mol. The molecule has 5 fully saturated rings. The number of aliphatic hydroxyl groups excluding tert-OH is 2. The first kappa shape index (κ1) is 22.6. The number of ketones is 1. The summed E-state index contributed by atoms with van der Waals surface area (Å²) in [6.07, 6.45) is 4.49. The summed E-state index contributed by atoms with van der Waals surface area (Å²) in [5, 5.41) is 21.9. The molecular formula is C28H36O7. The molecule has 7 nitrogen and oxygen atoms in total. The molecule has 0 radical (unpaired) electrons. The summed E-state index contributed by atoms with van der Waals surface area (Å²) in [6.45, 7) is 9.92. The number of carbonyl (C=O) groups is 2. The SMILES string of the molecule is CC1=C(C)[C@H](O)[C@H]([C@@H](C)[C@@]23O[C@@H]2C[C@H]2[C@H]4C[C@H]5O[C@]56[C@@H](O)C=CC(=O)[C@]6(C)[C@H]4CC[C@@]23C)OC1=O. The lowest BCUT2D eigenvalue weighted by atomic mass is 9.44. The molecule has 7 rings (SSSR count). The van der Waals surface area contributed by atoms with Gasteiger partial charge in [-0.05, 0) is 81.9 Å². The lowest BCUT2D eigenvalue weighted by Gasteiger charge is -2.58. The van der Waals surface area contributed by atoms with E-state index >= 15 is 0 Å². The maximum atomic E-state index is 13.3. The summed E-state index contributed by atoms with van der Waals surface area (Å²) >= 11 is 0. The minimum atomic E-state index is -0.830. The van der Waals surface area contributed by atoms with Crippen LogP contribution in [0.2, 0.25) is 0 Å². The predicted molar refractivity (Wildman–Crippen MR) is 124 cm³/mol. The molecule has 1 spiro atoms. The highest BCUT2D eigenvalue weighted by Gasteiger charge is 2.84. The molecule has 2 N–H and O–H groups in total. The Balaban J connectivity index is 1.23. The molecule has 4 aliphatic carbocycles. The molecule has 0 amide bonds. The van der Waals surface area contributed by atoms with E-state index in [1.807, 2.05) is 13.8 Å². The summed E-state index contributed by atoms with van der Waals surface area (Å²) in [7, 11) is 0. The average molecular weight is 485 g/mol. The van der Waals surface area contributed by atoms with Crippen molar-refractivity contribution in [2.24, 2.45) is 34.5 Å². The Morgan fingerprint density at radius 3 is 2.54 bits per heavy atom. The highest BCUT2D eigenvalue weighted by molar-refractivity contribution is 5.98. The number of carbonyl (C=O) groups excluding carboxylic acids is 2. The minimum Gasteiger partial charge on any atom is -0.455 e. The first-order valence-electron chi connectivity index (χ1n) is 13.3. The number of esters is 1. The van der Waals surface area contributed by atoms with Crippen LogP contribution in [-0.2, 0) is 23.8 Å². The third-order valence-electron chi connectivity index (χ3n) is 12.2. The molecule has 7 heteroatoms. The molecule has 0 unspecified atom stereocenters. The van der Waals surface area contributed by atoms with Crippen LogP contribution >= 0.6 is 0 Å². The largest absolute Gasteiger partial charge is 0.455 e. The topological polar surface area (TPSA) is 109 Å². The van der Waals surface area contributed by atoms with Gasteiger partial charge in [-0.3, -0.25) is 4.79 Å². The van der Waals surface area contributed by atoms with Crippen LogP contribution in [0.1, 0.15) is 60.3 Å². The molecule has 0 bridgehead atoms. The third-order valence-corrected chi connectivity index (χ3v) is 12.2. The summed E-state index contributed by atoms with van der Waals surface area (Å²) in [5.41, 5.74) is -0.906. The van der Waals surface area contributed by atoms with E-state index in [9.17, 15) is 19.8 Å². The van der Waals surface area contributed by atoms with Crippen molar-refractivity contribution in [2.45, 2.75) is 102 Å². The summed E-state index contributed by atoms with van der Waals surface area (Å²) in [6, 6.07) is 0. The van der Waals surface area contributed by atoms with E-state index in [4.69, 9.17) is 14.2 Å². The molecule has 13 atom stereocenters. The molecule has 0 aromatic rings. The van der Waals surface area contributed by atoms with Gasteiger partial charge in [0.2, 0.25) is 0 Å². The van der Waals surface area contributed by atoms with Crippen molar-refractivity contribution in [1.82, 2.24) is 0 Å². The van der Waals surface area contributed by atoms with Crippen molar-refractivity contribution in [2.75, 3.05) is 0 Å². The van der Waals surface area contributed by atoms with Gasteiger partial charge >= 0.3 is 5.97 Å². The fourth-order valence-corrected chi connectivity index (χ4v) is 10.0. The summed E-state index contributed by atoms with van der Waals surface area (Å²) in [5.74, 6) is 0.393. The fourth-order valence-electron chi connectivity index (χ4n) is 10.0. The van der Waals surface area contributed by atoms with Crippen LogP contribution in [0, 0.1) is 34.5 Å². The van der Waals surface area contributed by atoms with Gasteiger partial charge in [0.15, 0.2) is 5.78 Å². The van der Waals surface area contributed by atoms with Gasteiger partial charge in [-0.25, -0.2) is 4.79 Å². The molecule has 3 heterocycles. The van der Waals surface area contributed by atoms with Crippen molar-refractivity contribution >= 4 is 11.8 Å².